The van der Waals surface area contributed by atoms with Gasteiger partial charge in [-0.05, 0) is 36.8 Å². The van der Waals surface area contributed by atoms with Crippen LogP contribution in [-0.2, 0) is 21.2 Å². The number of amides is 1. The SMILES string of the molecule is CC(NC(=O)CCc1nc2ccccc2c(=O)[nH]1)c1cccc(S(N)(=O)=O)c1. The Bertz CT molecular complexity index is 1190. The minimum Gasteiger partial charge on any atom is -0.350 e. The smallest absolute Gasteiger partial charge is 0.258 e. The Hall–Kier alpha value is -3.04. The fraction of sp³-hybridized carbons (Fsp3) is 0.211. The van der Waals surface area contributed by atoms with Crippen molar-refractivity contribution in [2.75, 3.05) is 0 Å². The molecule has 0 saturated carbocycles. The van der Waals surface area contributed by atoms with E-state index in [0.29, 0.717) is 22.3 Å². The zero-order valence-electron chi connectivity index (χ0n) is 15.2. The van der Waals surface area contributed by atoms with Gasteiger partial charge in [-0.15, -0.1) is 0 Å². The van der Waals surface area contributed by atoms with Crippen molar-refractivity contribution in [3.05, 3.63) is 70.3 Å². The number of benzene rings is 2. The number of nitrogens with one attached hydrogen (secondary N) is 2. The van der Waals surface area contributed by atoms with Gasteiger partial charge < -0.3 is 10.3 Å². The van der Waals surface area contributed by atoms with Crippen LogP contribution < -0.4 is 16.0 Å². The first-order chi connectivity index (χ1) is 13.2. The molecule has 0 radical (unpaired) electrons. The standard InChI is InChI=1S/C19H20N4O4S/c1-12(13-5-4-6-14(11-13)28(20,26)27)21-18(24)10-9-17-22-16-8-3-2-7-15(16)19(25)23-17/h2-8,11-12H,9-10H2,1H3,(H,21,24)(H2,20,26,27)(H,22,23,25). The second-order valence-corrected chi connectivity index (χ2v) is 8.00. The van der Waals surface area contributed by atoms with Gasteiger partial charge in [0.25, 0.3) is 5.56 Å². The van der Waals surface area contributed by atoms with Crippen LogP contribution in [0.1, 0.15) is 30.8 Å². The van der Waals surface area contributed by atoms with Gasteiger partial charge in [-0.3, -0.25) is 9.59 Å². The third-order valence-corrected chi connectivity index (χ3v) is 5.23. The molecule has 1 heterocycles. The van der Waals surface area contributed by atoms with Gasteiger partial charge in [0.15, 0.2) is 0 Å². The van der Waals surface area contributed by atoms with E-state index >= 15 is 0 Å². The lowest BCUT2D eigenvalue weighted by atomic mass is 10.1. The number of hydrogen-bond acceptors (Lipinski definition) is 5. The van der Waals surface area contributed by atoms with E-state index in [0.717, 1.165) is 0 Å². The van der Waals surface area contributed by atoms with E-state index in [-0.39, 0.29) is 29.2 Å². The van der Waals surface area contributed by atoms with Crippen molar-refractivity contribution in [1.29, 1.82) is 0 Å². The maximum absolute atomic E-state index is 12.3. The third-order valence-electron chi connectivity index (χ3n) is 4.31. The fourth-order valence-corrected chi connectivity index (χ4v) is 3.41. The second-order valence-electron chi connectivity index (χ2n) is 6.44. The van der Waals surface area contributed by atoms with Gasteiger partial charge in [-0.1, -0.05) is 24.3 Å². The highest BCUT2D eigenvalue weighted by atomic mass is 32.2. The van der Waals surface area contributed by atoms with Gasteiger partial charge in [0.05, 0.1) is 21.8 Å². The Morgan fingerprint density at radius 1 is 1.21 bits per heavy atom. The van der Waals surface area contributed by atoms with E-state index in [9.17, 15) is 18.0 Å². The lowest BCUT2D eigenvalue weighted by Gasteiger charge is -2.15. The molecule has 1 atom stereocenters. The highest BCUT2D eigenvalue weighted by Crippen LogP contribution is 2.17. The van der Waals surface area contributed by atoms with E-state index in [2.05, 4.69) is 15.3 Å². The number of rotatable bonds is 6. The summed E-state index contributed by atoms with van der Waals surface area (Å²) in [6.07, 6.45) is 0.399. The molecular formula is C19H20N4O4S. The Balaban J connectivity index is 1.65. The summed E-state index contributed by atoms with van der Waals surface area (Å²) in [5, 5.41) is 8.44. The van der Waals surface area contributed by atoms with Crippen LogP contribution in [-0.4, -0.2) is 24.3 Å². The summed E-state index contributed by atoms with van der Waals surface area (Å²) < 4.78 is 22.9. The molecule has 3 rings (SSSR count). The second kappa shape index (κ2) is 7.91. The first kappa shape index (κ1) is 19.7. The zero-order valence-corrected chi connectivity index (χ0v) is 16.0. The summed E-state index contributed by atoms with van der Waals surface area (Å²) in [5.74, 6) is 0.187. The quantitative estimate of drug-likeness (QED) is 0.574. The van der Waals surface area contributed by atoms with Crippen molar-refractivity contribution >= 4 is 26.8 Å². The van der Waals surface area contributed by atoms with Crippen LogP contribution in [0.2, 0.25) is 0 Å². The average molecular weight is 400 g/mol. The molecule has 2 aromatic carbocycles. The molecule has 1 unspecified atom stereocenters. The number of nitrogens with two attached hydrogens (primary N) is 1. The number of aromatic nitrogens is 2. The molecule has 1 aromatic heterocycles. The van der Waals surface area contributed by atoms with E-state index in [4.69, 9.17) is 5.14 Å². The van der Waals surface area contributed by atoms with Gasteiger partial charge in [0.1, 0.15) is 5.82 Å². The van der Waals surface area contributed by atoms with Crippen molar-refractivity contribution in [3.8, 4) is 0 Å². The zero-order chi connectivity index (χ0) is 20.3. The van der Waals surface area contributed by atoms with Crippen molar-refractivity contribution in [3.63, 3.8) is 0 Å². The Morgan fingerprint density at radius 3 is 2.71 bits per heavy atom. The number of H-pyrrole nitrogens is 1. The van der Waals surface area contributed by atoms with Gasteiger partial charge in [0, 0.05) is 12.8 Å². The Kier molecular flexibility index (Phi) is 5.57. The number of para-hydroxylation sites is 1. The van der Waals surface area contributed by atoms with Crippen molar-refractivity contribution in [1.82, 2.24) is 15.3 Å². The van der Waals surface area contributed by atoms with E-state index < -0.39 is 16.1 Å². The van der Waals surface area contributed by atoms with Crippen LogP contribution in [0.3, 0.4) is 0 Å². The minimum absolute atomic E-state index is 0.0102. The molecular weight excluding hydrogens is 380 g/mol. The molecule has 0 fully saturated rings. The summed E-state index contributed by atoms with van der Waals surface area (Å²) in [5.41, 5.74) is 0.959. The van der Waals surface area contributed by atoms with E-state index in [1.165, 1.54) is 12.1 Å². The monoisotopic (exact) mass is 400 g/mol. The minimum atomic E-state index is -3.81. The van der Waals surface area contributed by atoms with Crippen LogP contribution in [0.15, 0.2) is 58.2 Å². The van der Waals surface area contributed by atoms with Crippen molar-refractivity contribution in [2.24, 2.45) is 5.14 Å². The lowest BCUT2D eigenvalue weighted by Crippen LogP contribution is -2.27. The molecule has 0 bridgehead atoms. The predicted octanol–water partition coefficient (Wildman–Crippen LogP) is 1.38. The first-order valence-electron chi connectivity index (χ1n) is 8.64. The first-order valence-corrected chi connectivity index (χ1v) is 10.2. The molecule has 8 nitrogen and oxygen atoms in total. The highest BCUT2D eigenvalue weighted by Gasteiger charge is 2.14. The highest BCUT2D eigenvalue weighted by molar-refractivity contribution is 7.89. The third kappa shape index (κ3) is 4.62. The van der Waals surface area contributed by atoms with Gasteiger partial charge >= 0.3 is 0 Å². The number of sulfonamides is 1. The topological polar surface area (TPSA) is 135 Å². The number of aryl methyl sites for hydroxylation is 1. The van der Waals surface area contributed by atoms with Crippen LogP contribution >= 0.6 is 0 Å². The molecule has 9 heteroatoms. The van der Waals surface area contributed by atoms with E-state index in [1.807, 2.05) is 0 Å². The van der Waals surface area contributed by atoms with Crippen LogP contribution in [0.25, 0.3) is 10.9 Å². The molecule has 0 saturated heterocycles. The number of primary sulfonamides is 1. The van der Waals surface area contributed by atoms with Gasteiger partial charge in [-0.25, -0.2) is 18.5 Å². The number of nitrogens with zero attached hydrogens (tertiary/aromatic N) is 1. The van der Waals surface area contributed by atoms with Crippen LogP contribution in [0, 0.1) is 0 Å². The summed E-state index contributed by atoms with van der Waals surface area (Å²) in [7, 11) is -3.81. The normalized spacial score (nSPS) is 12.6. The van der Waals surface area contributed by atoms with Crippen LogP contribution in [0.5, 0.6) is 0 Å². The van der Waals surface area contributed by atoms with Crippen LogP contribution in [0.4, 0.5) is 0 Å². The van der Waals surface area contributed by atoms with Gasteiger partial charge in [0.2, 0.25) is 15.9 Å². The number of carbonyl (C=O) groups excluding carboxylic acids is 1. The molecule has 0 aliphatic heterocycles. The average Bonchev–Trinajstić information content (AvgIpc) is 2.66. The number of hydrogen-bond donors (Lipinski definition) is 3. The lowest BCUT2D eigenvalue weighted by molar-refractivity contribution is -0.121. The number of aromatic amines is 1. The summed E-state index contributed by atoms with van der Waals surface area (Å²) in [6.45, 7) is 1.75. The van der Waals surface area contributed by atoms with Crippen molar-refractivity contribution in [2.45, 2.75) is 30.7 Å². The molecule has 1 amide bonds. The predicted molar refractivity (Wildman–Crippen MR) is 105 cm³/mol. The summed E-state index contributed by atoms with van der Waals surface area (Å²) in [4.78, 5) is 31.4. The maximum atomic E-state index is 12.3. The summed E-state index contributed by atoms with van der Waals surface area (Å²) in [6, 6.07) is 12.7. The van der Waals surface area contributed by atoms with Gasteiger partial charge in [-0.2, -0.15) is 0 Å². The van der Waals surface area contributed by atoms with Crippen molar-refractivity contribution < 1.29 is 13.2 Å². The largest absolute Gasteiger partial charge is 0.350 e. The molecule has 28 heavy (non-hydrogen) atoms. The fourth-order valence-electron chi connectivity index (χ4n) is 2.84. The maximum Gasteiger partial charge on any atom is 0.258 e. The number of fused-ring (bicyclic) bond motifs is 1. The Morgan fingerprint density at radius 2 is 1.96 bits per heavy atom. The molecule has 146 valence electrons. The molecule has 3 aromatic rings. The number of carbonyl (C=O) groups is 1. The molecule has 0 aliphatic carbocycles. The summed E-state index contributed by atoms with van der Waals surface area (Å²) >= 11 is 0. The molecule has 4 N–H and O–H groups in total. The molecule has 0 spiro atoms. The Labute approximate surface area is 161 Å². The molecule has 0 aliphatic rings. The van der Waals surface area contributed by atoms with E-state index in [1.54, 1.807) is 43.3 Å².